The van der Waals surface area contributed by atoms with Gasteiger partial charge in [-0.05, 0) is 44.4 Å². The first kappa shape index (κ1) is 33.0. The molecule has 4 heterocycles. The first-order valence-corrected chi connectivity index (χ1v) is 12.1. The zero-order chi connectivity index (χ0) is 30.0. The van der Waals surface area contributed by atoms with Crippen molar-refractivity contribution in [2.45, 2.75) is 57.8 Å². The van der Waals surface area contributed by atoms with Crippen LogP contribution in [0, 0.1) is 12.3 Å². The monoisotopic (exact) mass is 584 g/mol. The number of likely N-dealkylation sites (tertiary alicyclic amines) is 1. The SMILES string of the molecule is Cc1cccc(COCC23CCCOC2CCN(Cc2ccoc2)C3)n1.O=C(O)C(F)(F)F.O=C(O)C(F)(F)F. The second-order valence-electron chi connectivity index (χ2n) is 9.33. The zero-order valence-corrected chi connectivity index (χ0v) is 21.5. The third kappa shape index (κ3) is 10.8. The Morgan fingerprint density at radius 1 is 1.12 bits per heavy atom. The van der Waals surface area contributed by atoms with Gasteiger partial charge >= 0.3 is 24.3 Å². The zero-order valence-electron chi connectivity index (χ0n) is 21.5. The summed E-state index contributed by atoms with van der Waals surface area (Å²) in [6.45, 7) is 7.22. The number of hydrogen-bond acceptors (Lipinski definition) is 7. The van der Waals surface area contributed by atoms with E-state index in [9.17, 15) is 26.3 Å². The van der Waals surface area contributed by atoms with Crippen LogP contribution in [-0.4, -0.2) is 76.8 Å². The Morgan fingerprint density at radius 2 is 1.77 bits per heavy atom. The van der Waals surface area contributed by atoms with E-state index in [0.717, 1.165) is 57.1 Å². The number of aryl methyl sites for hydroxylation is 1. The molecule has 0 saturated carbocycles. The summed E-state index contributed by atoms with van der Waals surface area (Å²) in [5.41, 5.74) is 3.36. The third-order valence-corrected chi connectivity index (χ3v) is 6.12. The Kier molecular flexibility index (Phi) is 11.9. The van der Waals surface area contributed by atoms with Gasteiger partial charge in [-0.1, -0.05) is 6.07 Å². The van der Waals surface area contributed by atoms with Crippen LogP contribution in [0.2, 0.25) is 0 Å². The number of pyridine rings is 1. The Hall–Kier alpha value is -3.17. The van der Waals surface area contributed by atoms with Gasteiger partial charge in [0.25, 0.3) is 0 Å². The molecule has 2 aliphatic heterocycles. The maximum atomic E-state index is 10.6. The van der Waals surface area contributed by atoms with Crippen molar-refractivity contribution in [3.05, 3.63) is 53.7 Å². The van der Waals surface area contributed by atoms with Gasteiger partial charge < -0.3 is 24.1 Å². The van der Waals surface area contributed by atoms with Crippen LogP contribution >= 0.6 is 0 Å². The van der Waals surface area contributed by atoms with Gasteiger partial charge in [0, 0.05) is 42.9 Å². The van der Waals surface area contributed by atoms with Crippen molar-refractivity contribution in [2.75, 3.05) is 26.3 Å². The summed E-state index contributed by atoms with van der Waals surface area (Å²) in [6.07, 6.45) is -2.91. The molecule has 2 atom stereocenters. The summed E-state index contributed by atoms with van der Waals surface area (Å²) in [4.78, 5) is 24.9. The average Bonchev–Trinajstić information content (AvgIpc) is 3.36. The van der Waals surface area contributed by atoms with E-state index in [-0.39, 0.29) is 5.41 Å². The average molecular weight is 585 g/mol. The topological polar surface area (TPSA) is 122 Å². The highest BCUT2D eigenvalue weighted by Gasteiger charge is 2.46. The minimum Gasteiger partial charge on any atom is -0.475 e. The van der Waals surface area contributed by atoms with Crippen LogP contribution in [-0.2, 0) is 32.2 Å². The molecule has 2 aliphatic rings. The van der Waals surface area contributed by atoms with Gasteiger partial charge in [0.05, 0.1) is 37.5 Å². The van der Waals surface area contributed by atoms with E-state index in [1.54, 1.807) is 6.26 Å². The number of furan rings is 1. The van der Waals surface area contributed by atoms with Gasteiger partial charge in [0.2, 0.25) is 0 Å². The van der Waals surface area contributed by atoms with Crippen LogP contribution in [0.3, 0.4) is 0 Å². The number of alkyl halides is 6. The molecule has 0 bridgehead atoms. The molecule has 9 nitrogen and oxygen atoms in total. The summed E-state index contributed by atoms with van der Waals surface area (Å²) < 4.78 is 81.0. The van der Waals surface area contributed by atoms with Gasteiger partial charge in [-0.15, -0.1) is 0 Å². The molecule has 0 amide bonds. The molecule has 2 saturated heterocycles. The van der Waals surface area contributed by atoms with E-state index in [1.165, 1.54) is 12.0 Å². The lowest BCUT2D eigenvalue weighted by molar-refractivity contribution is -0.193. The molecule has 4 rings (SSSR count). The summed E-state index contributed by atoms with van der Waals surface area (Å²) in [7, 11) is 0. The lowest BCUT2D eigenvalue weighted by Crippen LogP contribution is -2.56. The number of rotatable bonds is 6. The fourth-order valence-electron chi connectivity index (χ4n) is 4.41. The first-order valence-electron chi connectivity index (χ1n) is 12.1. The molecule has 0 spiro atoms. The number of aliphatic carboxylic acids is 2. The predicted molar refractivity (Wildman–Crippen MR) is 126 cm³/mol. The molecule has 0 radical (unpaired) electrons. The lowest BCUT2D eigenvalue weighted by atomic mass is 9.73. The Morgan fingerprint density at radius 3 is 2.33 bits per heavy atom. The molecule has 0 aromatic carbocycles. The molecular weight excluding hydrogens is 554 g/mol. The van der Waals surface area contributed by atoms with E-state index in [2.05, 4.69) is 16.0 Å². The normalized spacial score (nSPS) is 21.2. The van der Waals surface area contributed by atoms with Gasteiger partial charge in [-0.2, -0.15) is 26.3 Å². The number of carboxylic acid groups (broad SMARTS) is 2. The van der Waals surface area contributed by atoms with Crippen LogP contribution in [0.15, 0.2) is 41.2 Å². The number of piperidine rings is 1. The molecule has 2 fully saturated rings. The Bertz CT molecular complexity index is 1050. The Labute approximate surface area is 225 Å². The maximum absolute atomic E-state index is 10.6. The number of carboxylic acids is 2. The number of ether oxygens (including phenoxy) is 2. The Balaban J connectivity index is 0.000000333. The second-order valence-corrected chi connectivity index (χ2v) is 9.33. The largest absolute Gasteiger partial charge is 0.490 e. The van der Waals surface area contributed by atoms with Crippen molar-refractivity contribution in [1.82, 2.24) is 9.88 Å². The number of carbonyl (C=O) groups is 2. The van der Waals surface area contributed by atoms with Crippen LogP contribution < -0.4 is 0 Å². The number of aromatic nitrogens is 1. The lowest BCUT2D eigenvalue weighted by Gasteiger charge is -2.50. The van der Waals surface area contributed by atoms with E-state index < -0.39 is 24.3 Å². The van der Waals surface area contributed by atoms with Gasteiger partial charge in [-0.3, -0.25) is 9.88 Å². The molecule has 2 N–H and O–H groups in total. The first-order chi connectivity index (χ1) is 18.6. The number of halogens is 6. The maximum Gasteiger partial charge on any atom is 0.490 e. The number of fused-ring (bicyclic) bond motifs is 1. The fraction of sp³-hybridized carbons (Fsp3) is 0.560. The second kappa shape index (κ2) is 14.5. The van der Waals surface area contributed by atoms with Crippen LogP contribution in [0.25, 0.3) is 0 Å². The number of nitrogens with zero attached hydrogens (tertiary/aromatic N) is 2. The minimum atomic E-state index is -5.08. The molecule has 15 heteroatoms. The molecule has 40 heavy (non-hydrogen) atoms. The summed E-state index contributed by atoms with van der Waals surface area (Å²) in [6, 6.07) is 8.14. The highest BCUT2D eigenvalue weighted by atomic mass is 19.4. The molecular formula is C25H30F6N2O7. The smallest absolute Gasteiger partial charge is 0.475 e. The van der Waals surface area contributed by atoms with Gasteiger partial charge in [0.1, 0.15) is 0 Å². The molecule has 224 valence electrons. The van der Waals surface area contributed by atoms with Crippen molar-refractivity contribution in [2.24, 2.45) is 5.41 Å². The fourth-order valence-corrected chi connectivity index (χ4v) is 4.41. The van der Waals surface area contributed by atoms with Gasteiger partial charge in [-0.25, -0.2) is 9.59 Å². The predicted octanol–water partition coefficient (Wildman–Crippen LogP) is 4.84. The highest BCUT2D eigenvalue weighted by molar-refractivity contribution is 5.73. The highest BCUT2D eigenvalue weighted by Crippen LogP contribution is 2.41. The van der Waals surface area contributed by atoms with Crippen molar-refractivity contribution < 1.29 is 60.0 Å². The number of hydrogen-bond donors (Lipinski definition) is 2. The van der Waals surface area contributed by atoms with Crippen LogP contribution in [0.4, 0.5) is 26.3 Å². The van der Waals surface area contributed by atoms with Gasteiger partial charge in [0.15, 0.2) is 0 Å². The molecule has 2 unspecified atom stereocenters. The quantitative estimate of drug-likeness (QED) is 0.460. The summed E-state index contributed by atoms with van der Waals surface area (Å²) >= 11 is 0. The van der Waals surface area contributed by atoms with E-state index >= 15 is 0 Å². The van der Waals surface area contributed by atoms with E-state index in [0.29, 0.717) is 12.7 Å². The van der Waals surface area contributed by atoms with Crippen molar-refractivity contribution in [3.63, 3.8) is 0 Å². The summed E-state index contributed by atoms with van der Waals surface area (Å²) in [5, 5.41) is 14.2. The molecule has 2 aromatic heterocycles. The van der Waals surface area contributed by atoms with Crippen molar-refractivity contribution in [1.29, 1.82) is 0 Å². The van der Waals surface area contributed by atoms with Crippen molar-refractivity contribution in [3.8, 4) is 0 Å². The molecule has 2 aromatic rings. The van der Waals surface area contributed by atoms with E-state index in [4.69, 9.17) is 33.7 Å². The van der Waals surface area contributed by atoms with Crippen molar-refractivity contribution >= 4 is 11.9 Å². The third-order valence-electron chi connectivity index (χ3n) is 6.12. The molecule has 0 aliphatic carbocycles. The van der Waals surface area contributed by atoms with E-state index in [1.807, 2.05) is 31.4 Å². The summed E-state index contributed by atoms with van der Waals surface area (Å²) in [5.74, 6) is -5.51. The van der Waals surface area contributed by atoms with Crippen LogP contribution in [0.1, 0.15) is 36.2 Å². The minimum absolute atomic E-state index is 0.0874. The standard InChI is InChI=1S/C21H28N2O3.2C2HF3O2/c1-17-4-2-5-19(22-17)14-25-16-21-8-3-10-26-20(21)6-9-23(15-21)12-18-7-11-24-13-18;2*3-2(4,5)1(6)7/h2,4-5,7,11,13,20H,3,6,8-10,12,14-16H2,1H3;2*(H,6,7). The van der Waals surface area contributed by atoms with Crippen LogP contribution in [0.5, 0.6) is 0 Å².